The van der Waals surface area contributed by atoms with Crippen molar-refractivity contribution in [2.45, 2.75) is 37.2 Å². The number of hydrogen-bond donors (Lipinski definition) is 2. The molecule has 2 rings (SSSR count). The SMILES string of the molecule is CC(C)NCc1csc(S(=O)(=O)NCc2ccc(Br)s2)c1. The highest BCUT2D eigenvalue weighted by atomic mass is 79.9. The van der Waals surface area contributed by atoms with Crippen molar-refractivity contribution in [1.29, 1.82) is 0 Å². The molecule has 2 aromatic rings. The van der Waals surface area contributed by atoms with Gasteiger partial charge < -0.3 is 5.32 Å². The van der Waals surface area contributed by atoms with E-state index in [2.05, 4.69) is 39.8 Å². The highest BCUT2D eigenvalue weighted by molar-refractivity contribution is 9.11. The molecule has 0 aromatic carbocycles. The summed E-state index contributed by atoms with van der Waals surface area (Å²) in [6.45, 7) is 5.12. The van der Waals surface area contributed by atoms with E-state index in [-0.39, 0.29) is 0 Å². The van der Waals surface area contributed by atoms with E-state index in [0.29, 0.717) is 23.3 Å². The summed E-state index contributed by atoms with van der Waals surface area (Å²) in [4.78, 5) is 0.976. The van der Waals surface area contributed by atoms with Crippen LogP contribution in [-0.2, 0) is 23.1 Å². The standard InChI is InChI=1S/C13H17BrN2O2S3/c1-9(2)15-6-10-5-13(19-8-10)21(17,18)16-7-11-3-4-12(14)20-11/h3-5,8-9,15-16H,6-7H2,1-2H3. The predicted octanol–water partition coefficient (Wildman–Crippen LogP) is 3.55. The van der Waals surface area contributed by atoms with Crippen LogP contribution in [0.25, 0.3) is 0 Å². The van der Waals surface area contributed by atoms with Crippen LogP contribution in [-0.4, -0.2) is 14.5 Å². The summed E-state index contributed by atoms with van der Waals surface area (Å²) >= 11 is 6.14. The van der Waals surface area contributed by atoms with Crippen LogP contribution in [0.2, 0.25) is 0 Å². The van der Waals surface area contributed by atoms with Gasteiger partial charge in [0.25, 0.3) is 0 Å². The lowest BCUT2D eigenvalue weighted by Crippen LogP contribution is -2.22. The van der Waals surface area contributed by atoms with E-state index in [4.69, 9.17) is 0 Å². The van der Waals surface area contributed by atoms with Crippen LogP contribution in [0.5, 0.6) is 0 Å². The largest absolute Gasteiger partial charge is 0.310 e. The van der Waals surface area contributed by atoms with Crippen molar-refractivity contribution in [2.75, 3.05) is 0 Å². The molecule has 0 amide bonds. The molecule has 0 atom stereocenters. The summed E-state index contributed by atoms with van der Waals surface area (Å²) in [6.07, 6.45) is 0. The number of hydrogen-bond acceptors (Lipinski definition) is 5. The molecule has 0 saturated carbocycles. The van der Waals surface area contributed by atoms with Crippen LogP contribution in [0.1, 0.15) is 24.3 Å². The van der Waals surface area contributed by atoms with E-state index in [9.17, 15) is 8.42 Å². The van der Waals surface area contributed by atoms with E-state index in [1.165, 1.54) is 22.7 Å². The quantitative estimate of drug-likeness (QED) is 0.736. The Kier molecular flexibility index (Phi) is 5.98. The zero-order chi connectivity index (χ0) is 15.5. The second-order valence-electron chi connectivity index (χ2n) is 4.84. The molecule has 2 N–H and O–H groups in total. The van der Waals surface area contributed by atoms with E-state index in [1.807, 2.05) is 17.5 Å². The van der Waals surface area contributed by atoms with Crippen LogP contribution < -0.4 is 10.0 Å². The Bertz CT molecular complexity index is 692. The van der Waals surface area contributed by atoms with E-state index in [0.717, 1.165) is 14.2 Å². The molecule has 0 aliphatic heterocycles. The first kappa shape index (κ1) is 17.1. The van der Waals surface area contributed by atoms with Gasteiger partial charge in [0, 0.05) is 24.0 Å². The molecule has 2 aromatic heterocycles. The van der Waals surface area contributed by atoms with E-state index in [1.54, 1.807) is 6.07 Å². The van der Waals surface area contributed by atoms with Crippen molar-refractivity contribution in [3.63, 3.8) is 0 Å². The van der Waals surface area contributed by atoms with Crippen molar-refractivity contribution < 1.29 is 8.42 Å². The van der Waals surface area contributed by atoms with Gasteiger partial charge in [-0.3, -0.25) is 0 Å². The monoisotopic (exact) mass is 408 g/mol. The molecule has 0 spiro atoms. The Morgan fingerprint density at radius 3 is 2.67 bits per heavy atom. The minimum atomic E-state index is -3.43. The zero-order valence-electron chi connectivity index (χ0n) is 11.7. The van der Waals surface area contributed by atoms with Crippen molar-refractivity contribution in [3.8, 4) is 0 Å². The molecule has 2 heterocycles. The Morgan fingerprint density at radius 2 is 2.05 bits per heavy atom. The van der Waals surface area contributed by atoms with Crippen molar-refractivity contribution >= 4 is 48.6 Å². The fourth-order valence-electron chi connectivity index (χ4n) is 1.59. The number of halogens is 1. The second-order valence-corrected chi connectivity index (χ2v) is 10.3. The number of nitrogens with one attached hydrogen (secondary N) is 2. The lowest BCUT2D eigenvalue weighted by molar-refractivity contribution is 0.582. The third kappa shape index (κ3) is 5.15. The Morgan fingerprint density at radius 1 is 1.29 bits per heavy atom. The fourth-order valence-corrected chi connectivity index (χ4v) is 5.37. The maximum absolute atomic E-state index is 12.2. The van der Waals surface area contributed by atoms with Crippen LogP contribution in [0.15, 0.2) is 31.6 Å². The van der Waals surface area contributed by atoms with Gasteiger partial charge in [0.1, 0.15) is 4.21 Å². The molecular formula is C13H17BrN2O2S3. The Labute approximate surface area is 141 Å². The summed E-state index contributed by atoms with van der Waals surface area (Å²) < 4.78 is 28.5. The normalized spacial score (nSPS) is 12.2. The first-order valence-electron chi connectivity index (χ1n) is 6.41. The Hall–Kier alpha value is -0.250. The third-order valence-electron chi connectivity index (χ3n) is 2.67. The van der Waals surface area contributed by atoms with E-state index < -0.39 is 10.0 Å². The number of sulfonamides is 1. The first-order valence-corrected chi connectivity index (χ1v) is 10.4. The van der Waals surface area contributed by atoms with Gasteiger partial charge in [0.15, 0.2) is 0 Å². The predicted molar refractivity (Wildman–Crippen MR) is 92.3 cm³/mol. The molecule has 4 nitrogen and oxygen atoms in total. The van der Waals surface area contributed by atoms with Gasteiger partial charge in [-0.05, 0) is 45.1 Å². The average Bonchev–Trinajstić information content (AvgIpc) is 3.03. The summed E-state index contributed by atoms with van der Waals surface area (Å²) in [5, 5.41) is 5.16. The van der Waals surface area contributed by atoms with Gasteiger partial charge in [-0.2, -0.15) is 0 Å². The second kappa shape index (κ2) is 7.34. The van der Waals surface area contributed by atoms with Gasteiger partial charge in [-0.15, -0.1) is 22.7 Å². The summed E-state index contributed by atoms with van der Waals surface area (Å²) in [5.41, 5.74) is 0.993. The van der Waals surface area contributed by atoms with Gasteiger partial charge in [-0.1, -0.05) is 13.8 Å². The van der Waals surface area contributed by atoms with Gasteiger partial charge >= 0.3 is 0 Å². The molecule has 0 aliphatic rings. The van der Waals surface area contributed by atoms with Crippen molar-refractivity contribution in [1.82, 2.24) is 10.0 Å². The molecule has 0 unspecified atom stereocenters. The summed E-state index contributed by atoms with van der Waals surface area (Å²) in [6, 6.07) is 5.92. The fraction of sp³-hybridized carbons (Fsp3) is 0.385. The van der Waals surface area contributed by atoms with Crippen LogP contribution >= 0.6 is 38.6 Å². The smallest absolute Gasteiger partial charge is 0.250 e. The molecule has 0 saturated heterocycles. The maximum atomic E-state index is 12.2. The summed E-state index contributed by atoms with van der Waals surface area (Å²) in [7, 11) is -3.43. The molecule has 116 valence electrons. The molecular weight excluding hydrogens is 392 g/mol. The molecule has 0 radical (unpaired) electrons. The highest BCUT2D eigenvalue weighted by Gasteiger charge is 2.17. The Balaban J connectivity index is 1.99. The van der Waals surface area contributed by atoms with Gasteiger partial charge in [0.2, 0.25) is 10.0 Å². The van der Waals surface area contributed by atoms with Crippen LogP contribution in [0, 0.1) is 0 Å². The van der Waals surface area contributed by atoms with Crippen LogP contribution in [0.3, 0.4) is 0 Å². The lowest BCUT2D eigenvalue weighted by atomic mass is 10.3. The lowest BCUT2D eigenvalue weighted by Gasteiger charge is -2.05. The zero-order valence-corrected chi connectivity index (χ0v) is 15.8. The van der Waals surface area contributed by atoms with Gasteiger partial charge in [-0.25, -0.2) is 13.1 Å². The molecule has 0 bridgehead atoms. The maximum Gasteiger partial charge on any atom is 0.250 e. The minimum Gasteiger partial charge on any atom is -0.310 e. The molecule has 0 aliphatic carbocycles. The van der Waals surface area contributed by atoms with Crippen molar-refractivity contribution in [2.24, 2.45) is 0 Å². The van der Waals surface area contributed by atoms with Crippen molar-refractivity contribution in [3.05, 3.63) is 37.8 Å². The molecule has 0 fully saturated rings. The number of rotatable bonds is 7. The molecule has 8 heteroatoms. The summed E-state index contributed by atoms with van der Waals surface area (Å²) in [5.74, 6) is 0. The minimum absolute atomic E-state index is 0.316. The number of thiophene rings is 2. The van der Waals surface area contributed by atoms with Gasteiger partial charge in [0.05, 0.1) is 3.79 Å². The first-order chi connectivity index (χ1) is 9.87. The van der Waals surface area contributed by atoms with E-state index >= 15 is 0 Å². The average molecular weight is 409 g/mol. The van der Waals surface area contributed by atoms with Crippen LogP contribution in [0.4, 0.5) is 0 Å². The molecule has 21 heavy (non-hydrogen) atoms. The third-order valence-corrected chi connectivity index (χ3v) is 7.19. The highest BCUT2D eigenvalue weighted by Crippen LogP contribution is 2.24. The topological polar surface area (TPSA) is 58.2 Å².